The van der Waals surface area contributed by atoms with Gasteiger partial charge in [0.1, 0.15) is 10.6 Å². The Hall–Kier alpha value is 0.460. The number of hydrogen-bond acceptors (Lipinski definition) is 3. The quantitative estimate of drug-likeness (QED) is 0.532. The van der Waals surface area contributed by atoms with Crippen LogP contribution in [0.2, 0.25) is 0 Å². The van der Waals surface area contributed by atoms with Gasteiger partial charge in [0.05, 0.1) is 4.47 Å². The molecule has 0 amide bonds. The van der Waals surface area contributed by atoms with Crippen LogP contribution in [0.3, 0.4) is 0 Å². The second-order valence-electron chi connectivity index (χ2n) is 2.37. The Morgan fingerprint density at radius 2 is 2.07 bits per heavy atom. The van der Waals surface area contributed by atoms with Crippen LogP contribution in [0.5, 0.6) is 0 Å². The van der Waals surface area contributed by atoms with E-state index in [1.54, 1.807) is 22.6 Å². The number of halogens is 5. The van der Waals surface area contributed by atoms with Crippen molar-refractivity contribution in [1.82, 2.24) is 4.98 Å². The summed E-state index contributed by atoms with van der Waals surface area (Å²) < 4.78 is 47.5. The lowest BCUT2D eigenvalue weighted by Crippen LogP contribution is -2.04. The summed E-state index contributed by atoms with van der Waals surface area (Å²) in [5.41, 5.74) is -0.850. The number of alkyl halides is 2. The highest BCUT2D eigenvalue weighted by Gasteiger charge is 2.27. The fourth-order valence-corrected chi connectivity index (χ4v) is 3.85. The van der Waals surface area contributed by atoms with E-state index in [4.69, 9.17) is 10.7 Å². The van der Waals surface area contributed by atoms with E-state index in [9.17, 15) is 17.2 Å². The minimum Gasteiger partial charge on any atom is -0.253 e. The highest BCUT2D eigenvalue weighted by molar-refractivity contribution is 14.1. The maximum Gasteiger partial charge on any atom is 0.281 e. The molecule has 3 nitrogen and oxygen atoms in total. The zero-order chi connectivity index (χ0) is 11.8. The molecule has 9 heteroatoms. The van der Waals surface area contributed by atoms with Crippen molar-refractivity contribution >= 4 is 58.3 Å². The minimum atomic E-state index is -4.25. The smallest absolute Gasteiger partial charge is 0.253 e. The van der Waals surface area contributed by atoms with E-state index in [-0.39, 0.29) is 4.47 Å². The van der Waals surface area contributed by atoms with Gasteiger partial charge in [0.15, 0.2) is 0 Å². The molecule has 0 aliphatic heterocycles. The van der Waals surface area contributed by atoms with Gasteiger partial charge in [-0.05, 0) is 38.5 Å². The summed E-state index contributed by atoms with van der Waals surface area (Å²) in [4.78, 5) is 2.68. The molecule has 0 N–H and O–H groups in total. The predicted molar refractivity (Wildman–Crippen MR) is 62.6 cm³/mol. The lowest BCUT2D eigenvalue weighted by atomic mass is 10.3. The molecule has 0 radical (unpaired) electrons. The first-order valence-electron chi connectivity index (χ1n) is 3.32. The molecule has 1 aromatic rings. The van der Waals surface area contributed by atoms with E-state index < -0.39 is 26.1 Å². The molecule has 0 saturated carbocycles. The zero-order valence-electron chi connectivity index (χ0n) is 6.72. The Kier molecular flexibility index (Phi) is 4.29. The molecular weight excluding hydrogens is 430 g/mol. The normalized spacial score (nSPS) is 12.1. The number of pyridine rings is 1. The van der Waals surface area contributed by atoms with Gasteiger partial charge in [0.2, 0.25) is 0 Å². The van der Waals surface area contributed by atoms with Crippen LogP contribution in [0.1, 0.15) is 12.1 Å². The van der Waals surface area contributed by atoms with Crippen LogP contribution in [-0.4, -0.2) is 13.4 Å². The molecule has 0 saturated heterocycles. The number of rotatable bonds is 2. The van der Waals surface area contributed by atoms with Gasteiger partial charge >= 0.3 is 0 Å². The van der Waals surface area contributed by atoms with Crippen LogP contribution in [0.15, 0.2) is 15.6 Å². The maximum atomic E-state index is 12.5. The molecule has 1 aromatic heterocycles. The van der Waals surface area contributed by atoms with Gasteiger partial charge in [-0.2, -0.15) is 0 Å². The van der Waals surface area contributed by atoms with E-state index in [2.05, 4.69) is 20.9 Å². The Bertz CT molecular complexity index is 496. The van der Waals surface area contributed by atoms with Gasteiger partial charge in [-0.25, -0.2) is 17.2 Å². The summed E-state index contributed by atoms with van der Waals surface area (Å²) in [5, 5.41) is 0. The topological polar surface area (TPSA) is 47.0 Å². The predicted octanol–water partition coefficient (Wildman–Crippen LogP) is 3.31. The van der Waals surface area contributed by atoms with Gasteiger partial charge in [-0.15, -0.1) is 0 Å². The van der Waals surface area contributed by atoms with Crippen molar-refractivity contribution in [2.24, 2.45) is 0 Å². The van der Waals surface area contributed by atoms with E-state index in [1.807, 2.05) is 0 Å². The van der Waals surface area contributed by atoms with Gasteiger partial charge in [-0.3, -0.25) is 4.98 Å². The molecule has 0 unspecified atom stereocenters. The fourth-order valence-electron chi connectivity index (χ4n) is 0.850. The summed E-state index contributed by atoms with van der Waals surface area (Å²) in [6.07, 6.45) is -1.86. The Labute approximate surface area is 111 Å². The Morgan fingerprint density at radius 3 is 2.47 bits per heavy atom. The van der Waals surface area contributed by atoms with Crippen molar-refractivity contribution in [2.45, 2.75) is 11.3 Å². The Morgan fingerprint density at radius 1 is 1.53 bits per heavy atom. The van der Waals surface area contributed by atoms with Crippen LogP contribution in [0.4, 0.5) is 8.78 Å². The molecule has 1 rings (SSSR count). The van der Waals surface area contributed by atoms with Crippen LogP contribution in [-0.2, 0) is 9.05 Å². The second-order valence-corrected chi connectivity index (χ2v) is 6.83. The number of nitrogens with zero attached hydrogens (tertiary/aromatic N) is 1. The van der Waals surface area contributed by atoms with E-state index in [1.165, 1.54) is 0 Å². The SMILES string of the molecule is O=S(=O)(Cl)c1c(C(F)F)ncc(I)c1Br. The third kappa shape index (κ3) is 2.98. The summed E-state index contributed by atoms with van der Waals surface area (Å²) in [7, 11) is 0.797. The lowest BCUT2D eigenvalue weighted by molar-refractivity contribution is 0.142. The zero-order valence-corrected chi connectivity index (χ0v) is 12.0. The average Bonchev–Trinajstić information content (AvgIpc) is 2.06. The van der Waals surface area contributed by atoms with Crippen molar-refractivity contribution in [3.63, 3.8) is 0 Å². The highest BCUT2D eigenvalue weighted by atomic mass is 127. The third-order valence-electron chi connectivity index (χ3n) is 1.41. The molecule has 0 spiro atoms. The highest BCUT2D eigenvalue weighted by Crippen LogP contribution is 2.35. The molecule has 15 heavy (non-hydrogen) atoms. The van der Waals surface area contributed by atoms with E-state index in [0.717, 1.165) is 6.20 Å². The van der Waals surface area contributed by atoms with Crippen molar-refractivity contribution in [2.75, 3.05) is 0 Å². The third-order valence-corrected chi connectivity index (χ3v) is 5.42. The van der Waals surface area contributed by atoms with Gasteiger partial charge < -0.3 is 0 Å². The van der Waals surface area contributed by atoms with Crippen LogP contribution < -0.4 is 0 Å². The first-order chi connectivity index (χ1) is 6.75. The Balaban J connectivity index is 3.65. The summed E-state index contributed by atoms with van der Waals surface area (Å²) in [5.74, 6) is 0. The maximum absolute atomic E-state index is 12.5. The van der Waals surface area contributed by atoms with Crippen molar-refractivity contribution in [3.8, 4) is 0 Å². The molecular formula is C6H2BrClF2INO2S. The molecule has 1 heterocycles. The molecule has 0 aromatic carbocycles. The van der Waals surface area contributed by atoms with Crippen molar-refractivity contribution < 1.29 is 17.2 Å². The number of hydrogen-bond donors (Lipinski definition) is 0. The van der Waals surface area contributed by atoms with E-state index >= 15 is 0 Å². The molecule has 84 valence electrons. The van der Waals surface area contributed by atoms with Gasteiger partial charge in [-0.1, -0.05) is 0 Å². The van der Waals surface area contributed by atoms with Gasteiger partial charge in [0.25, 0.3) is 15.5 Å². The molecule has 0 bridgehead atoms. The van der Waals surface area contributed by atoms with Crippen LogP contribution >= 0.6 is 49.2 Å². The summed E-state index contributed by atoms with van der Waals surface area (Å²) in [6, 6.07) is 0. The minimum absolute atomic E-state index is 0.00315. The fraction of sp³-hybridized carbons (Fsp3) is 0.167. The molecule has 0 fully saturated rings. The summed E-state index contributed by atoms with van der Waals surface area (Å²) in [6.45, 7) is 0. The monoisotopic (exact) mass is 431 g/mol. The average molecular weight is 432 g/mol. The molecule has 0 aliphatic rings. The van der Waals surface area contributed by atoms with Crippen molar-refractivity contribution in [3.05, 3.63) is 19.9 Å². The first-order valence-corrected chi connectivity index (χ1v) is 7.50. The number of aromatic nitrogens is 1. The largest absolute Gasteiger partial charge is 0.281 e. The standard InChI is InChI=1S/C6H2BrClF2INO2S/c7-3-2(11)1-12-4(6(9)10)5(3)15(8,13)14/h1,6H. The van der Waals surface area contributed by atoms with Crippen LogP contribution in [0, 0.1) is 3.57 Å². The van der Waals surface area contributed by atoms with E-state index in [0.29, 0.717) is 3.57 Å². The van der Waals surface area contributed by atoms with Crippen molar-refractivity contribution in [1.29, 1.82) is 0 Å². The second kappa shape index (κ2) is 4.76. The van der Waals surface area contributed by atoms with Gasteiger partial charge in [0, 0.05) is 20.4 Å². The summed E-state index contributed by atoms with van der Waals surface area (Å²) >= 11 is 4.64. The molecule has 0 aliphatic carbocycles. The lowest BCUT2D eigenvalue weighted by Gasteiger charge is -2.08. The van der Waals surface area contributed by atoms with Crippen LogP contribution in [0.25, 0.3) is 0 Å². The molecule has 0 atom stereocenters. The first kappa shape index (κ1) is 13.5.